The van der Waals surface area contributed by atoms with Crippen LogP contribution in [0.25, 0.3) is 16.8 Å². The smallest absolute Gasteiger partial charge is 0.159 e. The molecular formula is C36H53N3O6. The predicted octanol–water partition coefficient (Wildman–Crippen LogP) is 7.30. The van der Waals surface area contributed by atoms with E-state index in [0.29, 0.717) is 35.6 Å². The molecule has 0 saturated heterocycles. The molecule has 0 amide bonds. The number of benzene rings is 1. The van der Waals surface area contributed by atoms with Crippen LogP contribution in [0, 0.1) is 5.41 Å². The molecule has 0 radical (unpaired) electrons. The maximum Gasteiger partial charge on any atom is 0.159 e. The molecule has 9 nitrogen and oxygen atoms in total. The second-order valence-corrected chi connectivity index (χ2v) is 11.9. The van der Waals surface area contributed by atoms with Crippen molar-refractivity contribution in [2.75, 3.05) is 54.5 Å². The third-order valence-electron chi connectivity index (χ3n) is 6.85. The topological polar surface area (TPSA) is 84.3 Å². The Morgan fingerprint density at radius 1 is 1.16 bits per heavy atom. The quantitative estimate of drug-likeness (QED) is 0.0885. The first-order chi connectivity index (χ1) is 21.4. The monoisotopic (exact) mass is 623 g/mol. The van der Waals surface area contributed by atoms with Gasteiger partial charge >= 0.3 is 0 Å². The van der Waals surface area contributed by atoms with Crippen LogP contribution in [0.15, 0.2) is 66.2 Å². The molecule has 1 aliphatic heterocycles. The molecule has 2 aromatic rings. The molecule has 3 rings (SSSR count). The number of nitrogens with zero attached hydrogens (tertiary/aromatic N) is 3. The van der Waals surface area contributed by atoms with Crippen LogP contribution in [0.1, 0.15) is 60.5 Å². The highest BCUT2D eigenvalue weighted by atomic mass is 16.7. The van der Waals surface area contributed by atoms with Gasteiger partial charge in [-0.2, -0.15) is 5.10 Å². The first-order valence-electron chi connectivity index (χ1n) is 15.4. The molecule has 0 bridgehead atoms. The van der Waals surface area contributed by atoms with Crippen molar-refractivity contribution in [2.24, 2.45) is 5.41 Å². The van der Waals surface area contributed by atoms with Gasteiger partial charge in [0.2, 0.25) is 0 Å². The summed E-state index contributed by atoms with van der Waals surface area (Å²) < 4.78 is 29.3. The summed E-state index contributed by atoms with van der Waals surface area (Å²) in [7, 11) is 5.20. The van der Waals surface area contributed by atoms with Gasteiger partial charge in [-0.1, -0.05) is 46.4 Å². The fourth-order valence-electron chi connectivity index (χ4n) is 4.62. The van der Waals surface area contributed by atoms with Crippen molar-refractivity contribution in [2.45, 2.75) is 61.4 Å². The molecule has 0 atom stereocenters. The largest absolute Gasteiger partial charge is 0.496 e. The number of carbonyl (C=O) groups excluding carboxylic acids is 1. The van der Waals surface area contributed by atoms with Gasteiger partial charge in [0.1, 0.15) is 24.9 Å². The molecule has 1 aromatic heterocycles. The van der Waals surface area contributed by atoms with E-state index in [9.17, 15) is 4.79 Å². The van der Waals surface area contributed by atoms with E-state index in [1.54, 1.807) is 20.4 Å². The summed E-state index contributed by atoms with van der Waals surface area (Å²) in [4.78, 5) is 14.4. The standard InChI is InChI=1S/C28H35N3O5.C8H18O/c1-8-10-22(9-2)30(5)28-24-13-23(21-15-29-31(16-21)11-12-35-18-33-6)26(34-7)14-27(24)36-17-25(28)19(3)20(4)32;1-5-6-9-7-8(2,3)4/h8-10,13-16H,3,11-12,17-18H2,1-2,4-7H3;5-7H2,1-4H3/b10-8-,22-9+;. The van der Waals surface area contributed by atoms with Gasteiger partial charge in [0.15, 0.2) is 5.78 Å². The fraction of sp³-hybridized carbons (Fsp3) is 0.500. The summed E-state index contributed by atoms with van der Waals surface area (Å²) in [6.45, 7) is 21.5. The average Bonchev–Trinajstić information content (AvgIpc) is 3.48. The molecule has 0 aliphatic carbocycles. The summed E-state index contributed by atoms with van der Waals surface area (Å²) in [6.07, 6.45) is 10.9. The van der Waals surface area contributed by atoms with Gasteiger partial charge in [-0.25, -0.2) is 0 Å². The van der Waals surface area contributed by atoms with Crippen molar-refractivity contribution in [3.05, 3.63) is 71.7 Å². The number of ketones is 1. The highest BCUT2D eigenvalue weighted by Gasteiger charge is 2.29. The van der Waals surface area contributed by atoms with Crippen molar-refractivity contribution < 1.29 is 28.5 Å². The number of carbonyl (C=O) groups is 1. The number of aromatic nitrogens is 2. The van der Waals surface area contributed by atoms with Gasteiger partial charge in [-0.05, 0) is 44.7 Å². The Hall–Kier alpha value is -3.66. The van der Waals surface area contributed by atoms with E-state index in [1.807, 2.05) is 62.1 Å². The van der Waals surface area contributed by atoms with Crippen molar-refractivity contribution in [1.29, 1.82) is 0 Å². The minimum atomic E-state index is -0.0956. The zero-order valence-corrected chi connectivity index (χ0v) is 29.0. The lowest BCUT2D eigenvalue weighted by Crippen LogP contribution is -2.25. The van der Waals surface area contributed by atoms with Gasteiger partial charge < -0.3 is 28.6 Å². The molecule has 9 heteroatoms. The van der Waals surface area contributed by atoms with Gasteiger partial charge in [0.25, 0.3) is 0 Å². The van der Waals surface area contributed by atoms with Gasteiger partial charge in [-0.15, -0.1) is 0 Å². The molecule has 45 heavy (non-hydrogen) atoms. The van der Waals surface area contributed by atoms with E-state index in [1.165, 1.54) is 6.92 Å². The molecular weight excluding hydrogens is 570 g/mol. The van der Waals surface area contributed by atoms with E-state index in [-0.39, 0.29) is 19.2 Å². The molecule has 0 saturated carbocycles. The predicted molar refractivity (Wildman–Crippen MR) is 181 cm³/mol. The average molecular weight is 624 g/mol. The van der Waals surface area contributed by atoms with E-state index in [0.717, 1.165) is 53.3 Å². The van der Waals surface area contributed by atoms with Crippen LogP contribution >= 0.6 is 0 Å². The first-order valence-corrected chi connectivity index (χ1v) is 15.4. The lowest BCUT2D eigenvalue weighted by Gasteiger charge is -2.32. The van der Waals surface area contributed by atoms with Crippen LogP contribution in [0.2, 0.25) is 0 Å². The number of rotatable bonds is 15. The van der Waals surface area contributed by atoms with E-state index in [4.69, 9.17) is 23.7 Å². The van der Waals surface area contributed by atoms with Crippen LogP contribution in [0.5, 0.6) is 11.5 Å². The molecule has 0 N–H and O–H groups in total. The summed E-state index contributed by atoms with van der Waals surface area (Å²) in [5.74, 6) is 1.25. The van der Waals surface area contributed by atoms with Crippen LogP contribution in [-0.2, 0) is 25.5 Å². The normalized spacial score (nSPS) is 13.2. The molecule has 1 aliphatic rings. The zero-order valence-electron chi connectivity index (χ0n) is 29.0. The number of hydrogen-bond acceptors (Lipinski definition) is 8. The summed E-state index contributed by atoms with van der Waals surface area (Å²) in [5, 5.41) is 4.47. The molecule has 1 aromatic carbocycles. The van der Waals surface area contributed by atoms with Crippen LogP contribution in [-0.4, -0.2) is 75.0 Å². The highest BCUT2D eigenvalue weighted by molar-refractivity contribution is 6.00. The lowest BCUT2D eigenvalue weighted by molar-refractivity contribution is -0.113. The molecule has 0 unspecified atom stereocenters. The Labute approximate surface area is 270 Å². The van der Waals surface area contributed by atoms with Crippen LogP contribution < -0.4 is 9.47 Å². The molecule has 248 valence electrons. The van der Waals surface area contributed by atoms with Gasteiger partial charge in [0, 0.05) is 66.6 Å². The fourth-order valence-corrected chi connectivity index (χ4v) is 4.62. The Kier molecular flexibility index (Phi) is 15.3. The Bertz CT molecular complexity index is 1360. The maximum atomic E-state index is 12.3. The third kappa shape index (κ3) is 11.0. The summed E-state index contributed by atoms with van der Waals surface area (Å²) >= 11 is 0. The third-order valence-corrected chi connectivity index (χ3v) is 6.85. The van der Waals surface area contributed by atoms with Gasteiger partial charge in [-0.3, -0.25) is 9.48 Å². The molecule has 0 fully saturated rings. The zero-order chi connectivity index (χ0) is 33.6. The first kappa shape index (κ1) is 37.5. The lowest BCUT2D eigenvalue weighted by atomic mass is 9.92. The van der Waals surface area contributed by atoms with Crippen molar-refractivity contribution >= 4 is 11.5 Å². The molecule has 0 spiro atoms. The van der Waals surface area contributed by atoms with Crippen molar-refractivity contribution in [3.63, 3.8) is 0 Å². The summed E-state index contributed by atoms with van der Waals surface area (Å²) in [6, 6.07) is 3.91. The van der Waals surface area contributed by atoms with Gasteiger partial charge in [0.05, 0.1) is 38.8 Å². The number of allylic oxidation sites excluding steroid dienone is 3. The highest BCUT2D eigenvalue weighted by Crippen LogP contribution is 2.44. The Morgan fingerprint density at radius 2 is 1.89 bits per heavy atom. The van der Waals surface area contributed by atoms with E-state index < -0.39 is 0 Å². The van der Waals surface area contributed by atoms with Crippen molar-refractivity contribution in [1.82, 2.24) is 14.7 Å². The number of Topliss-reactive ketones (excluding diaryl/α,β-unsaturated/α-hetero) is 1. The SMILES string of the molecule is C=C(C(C)=O)C1=C(N(C)C(/C=C\C)=C/C)c2cc(-c3cnn(CCOCOC)c3)c(OC)cc2OC1.CCCOCC(C)(C)C. The summed E-state index contributed by atoms with van der Waals surface area (Å²) in [5.41, 5.74) is 5.95. The minimum absolute atomic E-state index is 0.0956. The number of methoxy groups -OCH3 is 2. The van der Waals surface area contributed by atoms with E-state index in [2.05, 4.69) is 44.3 Å². The number of hydrogen-bond donors (Lipinski definition) is 0. The second kappa shape index (κ2) is 18.3. The van der Waals surface area contributed by atoms with Crippen LogP contribution in [0.4, 0.5) is 0 Å². The minimum Gasteiger partial charge on any atom is -0.496 e. The van der Waals surface area contributed by atoms with Crippen molar-refractivity contribution in [3.8, 4) is 22.6 Å². The van der Waals surface area contributed by atoms with E-state index >= 15 is 0 Å². The molecule has 2 heterocycles. The number of ether oxygens (including phenoxy) is 5. The Balaban J connectivity index is 0.000000681. The van der Waals surface area contributed by atoms with Crippen LogP contribution in [0.3, 0.4) is 0 Å². The second-order valence-electron chi connectivity index (χ2n) is 11.9. The number of likely N-dealkylation sites (N-methyl/N-ethyl adjacent to an activating group) is 1. The Morgan fingerprint density at radius 3 is 2.47 bits per heavy atom. The number of fused-ring (bicyclic) bond motifs is 1. The maximum absolute atomic E-state index is 12.3.